The Kier molecular flexibility index (Phi) is 21.0. The van der Waals surface area contributed by atoms with Crippen molar-refractivity contribution in [2.75, 3.05) is 0 Å². The molecule has 0 spiro atoms. The molecular weight excluding hydrogens is 1070 g/mol. The Balaban J connectivity index is 0.000000182. The lowest BCUT2D eigenvalue weighted by Gasteiger charge is -2.45. The first-order valence-electron chi connectivity index (χ1n) is 34.9. The van der Waals surface area contributed by atoms with Crippen molar-refractivity contribution < 1.29 is 0 Å². The number of benzene rings is 7. The second-order valence-electron chi connectivity index (χ2n) is 32.2. The molecule has 7 aromatic carbocycles. The normalized spacial score (nSPS) is 20.2. The number of rotatable bonds is 0. The van der Waals surface area contributed by atoms with E-state index >= 15 is 0 Å². The smallest absolute Gasteiger partial charge is 0.0164 e. The van der Waals surface area contributed by atoms with E-state index in [1.165, 1.54) is 188 Å². The third-order valence-corrected chi connectivity index (χ3v) is 28.3. The Bertz CT molecular complexity index is 3620. The average molecular weight is 1200 g/mol. The predicted molar refractivity (Wildman–Crippen MR) is 401 cm³/mol. The molecule has 1 saturated carbocycles. The molecule has 0 amide bonds. The molecule has 0 bridgehead atoms. The lowest BCUT2D eigenvalue weighted by Crippen LogP contribution is -2.39. The summed E-state index contributed by atoms with van der Waals surface area (Å²) in [4.78, 5) is 0. The molecule has 3 aliphatic rings. The van der Waals surface area contributed by atoms with Crippen LogP contribution in [-0.2, 0) is 16.2 Å². The molecule has 7 aromatic rings. The highest BCUT2D eigenvalue weighted by Crippen LogP contribution is 2.58. The van der Waals surface area contributed by atoms with Crippen LogP contribution in [0.3, 0.4) is 0 Å². The minimum atomic E-state index is 0.0886. The summed E-state index contributed by atoms with van der Waals surface area (Å²) in [6, 6.07) is 0. The van der Waals surface area contributed by atoms with Crippen LogP contribution in [-0.4, -0.2) is 0 Å². The van der Waals surface area contributed by atoms with Gasteiger partial charge in [-0.2, -0.15) is 0 Å². The first-order valence-corrected chi connectivity index (χ1v) is 34.9. The van der Waals surface area contributed by atoms with Crippen molar-refractivity contribution in [3.05, 3.63) is 178 Å². The fourth-order valence-electron chi connectivity index (χ4n) is 18.3. The molecule has 0 saturated heterocycles. The summed E-state index contributed by atoms with van der Waals surface area (Å²) in [6.45, 7) is 95.3. The van der Waals surface area contributed by atoms with E-state index < -0.39 is 0 Å². The van der Waals surface area contributed by atoms with Gasteiger partial charge in [0.05, 0.1) is 0 Å². The zero-order valence-electron chi connectivity index (χ0n) is 65.5. The maximum atomic E-state index is 2.42. The van der Waals surface area contributed by atoms with Crippen LogP contribution in [0, 0.1) is 235 Å². The minimum Gasteiger partial charge on any atom is -0.0620 e. The van der Waals surface area contributed by atoms with Gasteiger partial charge >= 0.3 is 0 Å². The summed E-state index contributed by atoms with van der Waals surface area (Å²) in [5, 5.41) is 5.92. The van der Waals surface area contributed by atoms with E-state index in [2.05, 4.69) is 284 Å². The molecule has 0 heteroatoms. The van der Waals surface area contributed by atoms with Crippen molar-refractivity contribution in [2.45, 2.75) is 300 Å². The number of aryl methyl sites for hydroxylation is 6. The van der Waals surface area contributed by atoms with Crippen LogP contribution in [0.25, 0.3) is 32.7 Å². The Labute approximate surface area is 549 Å². The van der Waals surface area contributed by atoms with E-state index in [1.54, 1.807) is 22.3 Å². The summed E-state index contributed by atoms with van der Waals surface area (Å²) in [7, 11) is 0. The van der Waals surface area contributed by atoms with E-state index in [4.69, 9.17) is 0 Å². The predicted octanol–water partition coefficient (Wildman–Crippen LogP) is 26.0. The summed E-state index contributed by atoms with van der Waals surface area (Å²) < 4.78 is 0. The molecule has 0 nitrogen and oxygen atoms in total. The van der Waals surface area contributed by atoms with Crippen molar-refractivity contribution in [3.63, 3.8) is 0 Å². The standard InChI is InChI=1S/C24H30.C23H30.C18H28.C12H24.C12H18/c1-11-13(3)17(7)23-21(15(11)5)19(9)20(10)22-16(6)12(2)14(4)18(8)24(22)23;1-11-13(3)17(7)21-19(15(11)5)20-16(6)12(2)14(4)18(8)22(20)23(21,9)10;1-10-11(2)13(4)16-15(12(10)3)17(6,7)14(5)18(16,8)9;2*1-7-8(2)10(4)12(6)11(5)9(7)3/h1-10H3;1-10H3;14H,1-9H3;7-12H,1-6H3;1-6H3. The van der Waals surface area contributed by atoms with Crippen LogP contribution in [0.15, 0.2) is 0 Å². The topological polar surface area (TPSA) is 0 Å². The van der Waals surface area contributed by atoms with Gasteiger partial charge in [-0.3, -0.25) is 0 Å². The Morgan fingerprint density at radius 3 is 0.528 bits per heavy atom. The van der Waals surface area contributed by atoms with Crippen LogP contribution < -0.4 is 0 Å². The van der Waals surface area contributed by atoms with E-state index in [-0.39, 0.29) is 16.2 Å². The lowest BCUT2D eigenvalue weighted by molar-refractivity contribution is 0.0302. The molecule has 486 valence electrons. The molecule has 0 unspecified atom stereocenters. The molecule has 0 aromatic heterocycles. The quantitative estimate of drug-likeness (QED) is 0.133. The van der Waals surface area contributed by atoms with Crippen molar-refractivity contribution in [3.8, 4) is 11.1 Å². The van der Waals surface area contributed by atoms with Crippen LogP contribution in [0.2, 0.25) is 0 Å². The molecule has 3 aliphatic carbocycles. The van der Waals surface area contributed by atoms with Gasteiger partial charge < -0.3 is 0 Å². The maximum absolute atomic E-state index is 2.42. The van der Waals surface area contributed by atoms with E-state index in [0.29, 0.717) is 5.92 Å². The third kappa shape index (κ3) is 11.4. The van der Waals surface area contributed by atoms with Gasteiger partial charge in [0, 0.05) is 5.41 Å². The lowest BCUT2D eigenvalue weighted by atomic mass is 9.60. The zero-order chi connectivity index (χ0) is 68.5. The minimum absolute atomic E-state index is 0.0886. The van der Waals surface area contributed by atoms with Crippen molar-refractivity contribution in [2.24, 2.45) is 41.4 Å². The van der Waals surface area contributed by atoms with Crippen LogP contribution in [0.5, 0.6) is 0 Å². The maximum Gasteiger partial charge on any atom is 0.0164 e. The fraction of sp³-hybridized carbons (Fsp3) is 0.573. The van der Waals surface area contributed by atoms with Gasteiger partial charge in [0.1, 0.15) is 0 Å². The van der Waals surface area contributed by atoms with E-state index in [0.717, 1.165) is 35.5 Å². The second kappa shape index (κ2) is 25.5. The Morgan fingerprint density at radius 1 is 0.169 bits per heavy atom. The molecule has 0 heterocycles. The number of hydrogen-bond acceptors (Lipinski definition) is 0. The summed E-state index contributed by atoms with van der Waals surface area (Å²) in [5.41, 5.74) is 51.1. The van der Waals surface area contributed by atoms with Gasteiger partial charge in [0.15, 0.2) is 0 Å². The monoisotopic (exact) mass is 1200 g/mol. The first kappa shape index (κ1) is 73.1. The highest BCUT2D eigenvalue weighted by atomic mass is 14.5. The molecule has 0 radical (unpaired) electrons. The number of fused-ring (bicyclic) bond motifs is 7. The van der Waals surface area contributed by atoms with E-state index in [1.807, 2.05) is 0 Å². The van der Waals surface area contributed by atoms with Crippen LogP contribution >= 0.6 is 0 Å². The van der Waals surface area contributed by atoms with Gasteiger partial charge in [0.25, 0.3) is 0 Å². The molecule has 1 fully saturated rings. The second-order valence-corrected chi connectivity index (χ2v) is 32.2. The highest BCUT2D eigenvalue weighted by molar-refractivity contribution is 6.16. The van der Waals surface area contributed by atoms with Crippen molar-refractivity contribution >= 4 is 21.5 Å². The Morgan fingerprint density at radius 2 is 0.315 bits per heavy atom. The molecule has 0 atom stereocenters. The number of hydrogen-bond donors (Lipinski definition) is 0. The highest BCUT2D eigenvalue weighted by Gasteiger charge is 2.50. The van der Waals surface area contributed by atoms with Crippen molar-refractivity contribution in [1.82, 2.24) is 0 Å². The average Bonchev–Trinajstić information content (AvgIpc) is 1.65. The van der Waals surface area contributed by atoms with Crippen LogP contribution in [0.4, 0.5) is 0 Å². The third-order valence-electron chi connectivity index (χ3n) is 28.3. The molecular formula is C89H130. The van der Waals surface area contributed by atoms with Gasteiger partial charge in [0.2, 0.25) is 0 Å². The van der Waals surface area contributed by atoms with Crippen LogP contribution in [0.1, 0.15) is 268 Å². The van der Waals surface area contributed by atoms with Gasteiger partial charge in [-0.1, -0.05) is 90.0 Å². The van der Waals surface area contributed by atoms with Gasteiger partial charge in [-0.15, -0.1) is 0 Å². The molecule has 89 heavy (non-hydrogen) atoms. The van der Waals surface area contributed by atoms with Gasteiger partial charge in [-0.05, 0) is 457 Å². The Hall–Kier alpha value is -4.94. The van der Waals surface area contributed by atoms with Crippen molar-refractivity contribution in [1.29, 1.82) is 0 Å². The SMILES string of the molecule is CC1C(C)C(C)C(C)C(C)C1C.Cc1c(C)c(C)c(C)c(C)c1C.Cc1c(C)c(C)c2c(c1C)-c1c(C)c(C)c(C)c(C)c1C2(C)C.Cc1c(C)c(C)c2c(c1C)C(C)(C)C(C)C2(C)C.Cc1c(C)c(C)c2c(c1C)c(C)c(C)c1c(C)c(C)c(C)c(C)c12. The summed E-state index contributed by atoms with van der Waals surface area (Å²) in [6.07, 6.45) is 0. The first-order chi connectivity index (χ1) is 40.6. The molecule has 0 aliphatic heterocycles. The zero-order valence-corrected chi connectivity index (χ0v) is 65.5. The molecule has 0 N–H and O–H groups in total. The van der Waals surface area contributed by atoms with E-state index in [9.17, 15) is 0 Å². The summed E-state index contributed by atoms with van der Waals surface area (Å²) in [5.74, 6) is 6.13. The molecule has 10 rings (SSSR count). The fourth-order valence-corrected chi connectivity index (χ4v) is 18.3. The summed E-state index contributed by atoms with van der Waals surface area (Å²) >= 11 is 0. The largest absolute Gasteiger partial charge is 0.0620 e. The van der Waals surface area contributed by atoms with Gasteiger partial charge in [-0.25, -0.2) is 0 Å².